The van der Waals surface area contributed by atoms with Crippen molar-refractivity contribution >= 4 is 32.7 Å². The van der Waals surface area contributed by atoms with Crippen LogP contribution in [0.25, 0.3) is 0 Å². The first-order valence-corrected chi connectivity index (χ1v) is 22.0. The minimum absolute atomic E-state index is 0.145. The third-order valence-electron chi connectivity index (χ3n) is 9.63. The maximum Gasteiger partial charge on any atom is 0.332 e. The molecule has 2 aliphatic heterocycles. The van der Waals surface area contributed by atoms with Gasteiger partial charge in [-0.25, -0.2) is 13.8 Å². The topological polar surface area (TPSA) is 167 Å². The summed E-state index contributed by atoms with van der Waals surface area (Å²) in [5.74, 6) is -0.800. The molecule has 0 aliphatic carbocycles. The molecule has 45 heavy (non-hydrogen) atoms. The van der Waals surface area contributed by atoms with Crippen molar-refractivity contribution < 1.29 is 35.7 Å². The van der Waals surface area contributed by atoms with Gasteiger partial charge < -0.3 is 24.1 Å². The molecule has 1 saturated heterocycles. The lowest BCUT2D eigenvalue weighted by molar-refractivity contribution is -0.134. The van der Waals surface area contributed by atoms with Gasteiger partial charge in [0.2, 0.25) is 0 Å². The Kier molecular flexibility index (Phi) is 9.92. The number of ether oxygens (including phenoxy) is 2. The predicted molar refractivity (Wildman–Crippen MR) is 175 cm³/mol. The summed E-state index contributed by atoms with van der Waals surface area (Å²) in [4.78, 5) is 37.7. The number of hydrogen-bond donors (Lipinski definition) is 1. The lowest BCUT2D eigenvalue weighted by Crippen LogP contribution is -2.59. The first-order valence-electron chi connectivity index (χ1n) is 14.7. The zero-order valence-corrected chi connectivity index (χ0v) is 31.5. The highest BCUT2D eigenvalue weighted by atomic mass is 32.2. The normalized spacial score (nSPS) is 25.9. The number of esters is 1. The molecule has 3 rings (SSSR count). The number of allylic oxidation sites excluding steroid dienone is 1. The van der Waals surface area contributed by atoms with Crippen molar-refractivity contribution in [1.29, 1.82) is 0 Å². The van der Waals surface area contributed by atoms with Crippen molar-refractivity contribution in [3.05, 3.63) is 55.4 Å². The van der Waals surface area contributed by atoms with E-state index < -0.39 is 72.9 Å². The van der Waals surface area contributed by atoms with Gasteiger partial charge in [-0.05, 0) is 49.3 Å². The molecule has 0 aromatic carbocycles. The van der Waals surface area contributed by atoms with Crippen LogP contribution in [0.4, 0.5) is 0 Å². The van der Waals surface area contributed by atoms with Crippen LogP contribution >= 0.6 is 0 Å². The Balaban J connectivity index is 2.41. The number of methoxy groups -OCH3 is 1. The number of aryl methyl sites for hydroxylation is 1. The SMILES string of the molecule is COC(=O)/C=C/C1=C(N)C2(OS1(=O)=O)[C@@H](CO[Si](C)(C)C(C)(C)C)O[C@@H](n1cc(C)c(=O)n(C)c1=O)[C@@H]2O[Si](C)(C)C(C)(C)C. The molecule has 0 amide bonds. The van der Waals surface area contributed by atoms with Crippen LogP contribution in [0.3, 0.4) is 0 Å². The van der Waals surface area contributed by atoms with Gasteiger partial charge >= 0.3 is 11.7 Å². The molecule has 0 bridgehead atoms. The van der Waals surface area contributed by atoms with Gasteiger partial charge in [0.15, 0.2) is 28.5 Å². The molecule has 1 unspecified atom stereocenters. The number of hydrogen-bond acceptors (Lipinski definition) is 11. The first-order chi connectivity index (χ1) is 20.2. The molecule has 0 saturated carbocycles. The average molecular weight is 688 g/mol. The van der Waals surface area contributed by atoms with Crippen LogP contribution in [0.15, 0.2) is 38.5 Å². The molecule has 16 heteroatoms. The number of aromatic nitrogens is 2. The Morgan fingerprint density at radius 3 is 2.16 bits per heavy atom. The van der Waals surface area contributed by atoms with E-state index >= 15 is 0 Å². The summed E-state index contributed by atoms with van der Waals surface area (Å²) in [6, 6.07) is 0. The highest BCUT2D eigenvalue weighted by Gasteiger charge is 2.68. The highest BCUT2D eigenvalue weighted by Crippen LogP contribution is 2.53. The van der Waals surface area contributed by atoms with Gasteiger partial charge in [-0.1, -0.05) is 41.5 Å². The standard InChI is InChI=1S/C29H49N3O10SSi2/c1-18-16-32(26(35)31(8)24(18)34)25-23(41-45(12,13)28(5,6)7)29(20(40-25)17-39-44(10,11)27(2,3)4)22(30)19(43(36,37)42-29)14-15-21(33)38-9/h14-16,20,23,25H,17,30H2,1-13H3/b15-14+/t20-,23+,25-,29?/m1/s1. The van der Waals surface area contributed by atoms with E-state index in [2.05, 4.69) is 25.5 Å². The summed E-state index contributed by atoms with van der Waals surface area (Å²) < 4.78 is 60.3. The number of rotatable bonds is 8. The molecule has 13 nitrogen and oxygen atoms in total. The fourth-order valence-electron chi connectivity index (χ4n) is 4.69. The zero-order chi connectivity index (χ0) is 34.7. The fraction of sp³-hybridized carbons (Fsp3) is 0.690. The summed E-state index contributed by atoms with van der Waals surface area (Å²) in [6.45, 7) is 21.6. The minimum Gasteiger partial charge on any atom is -0.466 e. The van der Waals surface area contributed by atoms with Gasteiger partial charge in [0.25, 0.3) is 15.7 Å². The molecule has 1 spiro atoms. The number of nitrogens with two attached hydrogens (primary N) is 1. The molecule has 2 aliphatic rings. The predicted octanol–water partition coefficient (Wildman–Crippen LogP) is 3.16. The van der Waals surface area contributed by atoms with Gasteiger partial charge in [0.05, 0.1) is 19.4 Å². The second kappa shape index (κ2) is 12.0. The Bertz CT molecular complexity index is 1630. The molecular formula is C29H49N3O10SSi2. The lowest BCUT2D eigenvalue weighted by atomic mass is 9.88. The molecule has 3 heterocycles. The maximum absolute atomic E-state index is 13.7. The quantitative estimate of drug-likeness (QED) is 0.185. The molecule has 254 valence electrons. The van der Waals surface area contributed by atoms with Crippen molar-refractivity contribution in [3.8, 4) is 0 Å². The van der Waals surface area contributed by atoms with Crippen LogP contribution in [0.5, 0.6) is 0 Å². The molecular weight excluding hydrogens is 639 g/mol. The Hall–Kier alpha value is -2.35. The molecule has 1 aromatic heterocycles. The van der Waals surface area contributed by atoms with Gasteiger partial charge in [-0.2, -0.15) is 8.42 Å². The van der Waals surface area contributed by atoms with E-state index in [1.807, 2.05) is 47.0 Å². The van der Waals surface area contributed by atoms with E-state index in [1.165, 1.54) is 17.8 Å². The number of nitrogens with zero attached hydrogens (tertiary/aromatic N) is 2. The third-order valence-corrected chi connectivity index (χ3v) is 20.0. The summed E-state index contributed by atoms with van der Waals surface area (Å²) in [5.41, 5.74) is 3.57. The van der Waals surface area contributed by atoms with Crippen LogP contribution in [-0.4, -0.2) is 71.7 Å². The van der Waals surface area contributed by atoms with Crippen LogP contribution in [0.1, 0.15) is 53.3 Å². The number of carbonyl (C=O) groups excluding carboxylic acids is 1. The third kappa shape index (κ3) is 6.60. The number of carbonyl (C=O) groups is 1. The van der Waals surface area contributed by atoms with Gasteiger partial charge in [0.1, 0.15) is 17.1 Å². The lowest BCUT2D eigenvalue weighted by Gasteiger charge is -2.43. The van der Waals surface area contributed by atoms with E-state index in [0.29, 0.717) is 0 Å². The van der Waals surface area contributed by atoms with Crippen molar-refractivity contribution in [1.82, 2.24) is 9.13 Å². The summed E-state index contributed by atoms with van der Waals surface area (Å²) in [6.07, 6.45) is -0.432. The molecule has 4 atom stereocenters. The average Bonchev–Trinajstić information content (AvgIpc) is 3.29. The van der Waals surface area contributed by atoms with Crippen LogP contribution in [0.2, 0.25) is 36.3 Å². The van der Waals surface area contributed by atoms with Gasteiger partial charge in [-0.15, -0.1) is 0 Å². The molecule has 1 fully saturated rings. The van der Waals surface area contributed by atoms with Gasteiger partial charge in [0, 0.05) is 24.9 Å². The van der Waals surface area contributed by atoms with Gasteiger partial charge in [-0.3, -0.25) is 13.9 Å². The molecule has 1 aromatic rings. The largest absolute Gasteiger partial charge is 0.466 e. The Morgan fingerprint density at radius 2 is 1.64 bits per heavy atom. The summed E-state index contributed by atoms with van der Waals surface area (Å²) >= 11 is 0. The summed E-state index contributed by atoms with van der Waals surface area (Å²) in [7, 11) is -7.32. The van der Waals surface area contributed by atoms with E-state index in [9.17, 15) is 22.8 Å². The van der Waals surface area contributed by atoms with Crippen molar-refractivity contribution in [2.75, 3.05) is 13.7 Å². The highest BCUT2D eigenvalue weighted by molar-refractivity contribution is 7.91. The monoisotopic (exact) mass is 687 g/mol. The maximum atomic E-state index is 13.7. The van der Waals surface area contributed by atoms with Crippen molar-refractivity contribution in [3.63, 3.8) is 0 Å². The van der Waals surface area contributed by atoms with Crippen molar-refractivity contribution in [2.24, 2.45) is 12.8 Å². The van der Waals surface area contributed by atoms with Crippen molar-refractivity contribution in [2.45, 2.75) is 109 Å². The Morgan fingerprint density at radius 1 is 1.09 bits per heavy atom. The second-order valence-electron chi connectivity index (χ2n) is 14.7. The Labute approximate surface area is 267 Å². The fourth-order valence-corrected chi connectivity index (χ4v) is 8.38. The summed E-state index contributed by atoms with van der Waals surface area (Å²) in [5, 5.41) is -0.582. The van der Waals surface area contributed by atoms with Crippen LogP contribution < -0.4 is 17.0 Å². The minimum atomic E-state index is -4.58. The van der Waals surface area contributed by atoms with Crippen LogP contribution in [-0.2, 0) is 44.5 Å². The zero-order valence-electron chi connectivity index (χ0n) is 28.6. The molecule has 0 radical (unpaired) electrons. The smallest absolute Gasteiger partial charge is 0.332 e. The molecule has 2 N–H and O–H groups in total. The van der Waals surface area contributed by atoms with Crippen LogP contribution in [0, 0.1) is 6.92 Å². The van der Waals surface area contributed by atoms with E-state index in [4.69, 9.17) is 23.5 Å². The first kappa shape index (κ1) is 37.1. The second-order valence-corrected chi connectivity index (χ2v) is 25.8. The van der Waals surface area contributed by atoms with E-state index in [-0.39, 0.29) is 27.9 Å². The van der Waals surface area contributed by atoms with E-state index in [0.717, 1.165) is 23.8 Å². The van der Waals surface area contributed by atoms with E-state index in [1.54, 1.807) is 6.92 Å².